The van der Waals surface area contributed by atoms with Crippen LogP contribution in [0.3, 0.4) is 0 Å². The van der Waals surface area contributed by atoms with Crippen molar-refractivity contribution in [3.63, 3.8) is 0 Å². The molecule has 1 amide bonds. The number of fused-ring (bicyclic) bond motifs is 1. The van der Waals surface area contributed by atoms with Crippen LogP contribution in [-0.2, 0) is 4.74 Å². The Hall–Kier alpha value is -2.71. The lowest BCUT2D eigenvalue weighted by molar-refractivity contribution is 0.0751. The Bertz CT molecular complexity index is 1020. The lowest BCUT2D eigenvalue weighted by atomic mass is 10.2. The number of aromatic nitrogens is 2. The molecule has 0 radical (unpaired) electrons. The molecule has 5 rings (SSSR count). The molecule has 0 atom stereocenters. The van der Waals surface area contributed by atoms with E-state index in [9.17, 15) is 4.79 Å². The first kappa shape index (κ1) is 19.3. The third kappa shape index (κ3) is 3.85. The van der Waals surface area contributed by atoms with Crippen molar-refractivity contribution in [1.29, 1.82) is 0 Å². The third-order valence-electron chi connectivity index (χ3n) is 5.65. The van der Waals surface area contributed by atoms with Gasteiger partial charge in [0.25, 0.3) is 5.91 Å². The van der Waals surface area contributed by atoms with Gasteiger partial charge in [-0.25, -0.2) is 4.98 Å². The Morgan fingerprint density at radius 2 is 1.73 bits per heavy atom. The van der Waals surface area contributed by atoms with Gasteiger partial charge in [-0.1, -0.05) is 18.2 Å². The zero-order chi connectivity index (χ0) is 20.5. The maximum absolute atomic E-state index is 13.0. The predicted molar refractivity (Wildman–Crippen MR) is 120 cm³/mol. The summed E-state index contributed by atoms with van der Waals surface area (Å²) in [5.74, 6) is 1.85. The molecule has 30 heavy (non-hydrogen) atoms. The number of anilines is 2. The largest absolute Gasteiger partial charge is 0.378 e. The second kappa shape index (κ2) is 8.20. The van der Waals surface area contributed by atoms with E-state index in [1.807, 2.05) is 36.1 Å². The maximum atomic E-state index is 13.0. The summed E-state index contributed by atoms with van der Waals surface area (Å²) in [4.78, 5) is 29.7. The SMILES string of the molecule is Cc1cc(N2CCN(C(=O)c3cc4ccccc4s3)CC2)nc(N2CCOCC2)n1. The fraction of sp³-hybridized carbons (Fsp3) is 0.409. The highest BCUT2D eigenvalue weighted by Gasteiger charge is 2.25. The average Bonchev–Trinajstić information content (AvgIpc) is 3.23. The number of piperazine rings is 1. The zero-order valence-corrected chi connectivity index (χ0v) is 17.9. The van der Waals surface area contributed by atoms with Gasteiger partial charge in [-0.3, -0.25) is 4.79 Å². The number of thiophene rings is 1. The van der Waals surface area contributed by atoms with Crippen LogP contribution in [0.2, 0.25) is 0 Å². The van der Waals surface area contributed by atoms with Gasteiger partial charge in [0, 0.05) is 55.7 Å². The molecule has 0 aliphatic carbocycles. The molecular formula is C22H25N5O2S. The molecule has 2 aromatic heterocycles. The van der Waals surface area contributed by atoms with Crippen molar-refractivity contribution < 1.29 is 9.53 Å². The van der Waals surface area contributed by atoms with Crippen molar-refractivity contribution in [3.8, 4) is 0 Å². The van der Waals surface area contributed by atoms with Gasteiger partial charge in [-0.15, -0.1) is 11.3 Å². The molecule has 3 aromatic rings. The molecule has 0 saturated carbocycles. The van der Waals surface area contributed by atoms with E-state index in [0.717, 1.165) is 58.6 Å². The predicted octanol–water partition coefficient (Wildman–Crippen LogP) is 2.80. The average molecular weight is 424 g/mol. The van der Waals surface area contributed by atoms with Gasteiger partial charge in [0.1, 0.15) is 5.82 Å². The Kier molecular flexibility index (Phi) is 5.26. The van der Waals surface area contributed by atoms with Crippen LogP contribution in [0.1, 0.15) is 15.4 Å². The minimum atomic E-state index is 0.128. The first-order valence-corrected chi connectivity index (χ1v) is 11.2. The highest BCUT2D eigenvalue weighted by Crippen LogP contribution is 2.27. The van der Waals surface area contributed by atoms with E-state index in [0.29, 0.717) is 26.3 Å². The summed E-state index contributed by atoms with van der Waals surface area (Å²) < 4.78 is 6.60. The second-order valence-electron chi connectivity index (χ2n) is 7.69. The number of morpholine rings is 1. The lowest BCUT2D eigenvalue weighted by Crippen LogP contribution is -2.49. The summed E-state index contributed by atoms with van der Waals surface area (Å²) in [7, 11) is 0. The number of nitrogens with zero attached hydrogens (tertiary/aromatic N) is 5. The summed E-state index contributed by atoms with van der Waals surface area (Å²) in [5, 5.41) is 1.14. The van der Waals surface area contributed by atoms with Crippen LogP contribution in [0, 0.1) is 6.92 Å². The highest BCUT2D eigenvalue weighted by atomic mass is 32.1. The van der Waals surface area contributed by atoms with Gasteiger partial charge >= 0.3 is 0 Å². The number of hydrogen-bond donors (Lipinski definition) is 0. The van der Waals surface area contributed by atoms with E-state index >= 15 is 0 Å². The topological polar surface area (TPSA) is 61.8 Å². The van der Waals surface area contributed by atoms with Crippen molar-refractivity contribution in [2.75, 3.05) is 62.3 Å². The number of hydrogen-bond acceptors (Lipinski definition) is 7. The van der Waals surface area contributed by atoms with Crippen LogP contribution in [0.25, 0.3) is 10.1 Å². The Labute approximate surface area is 179 Å². The van der Waals surface area contributed by atoms with E-state index in [1.165, 1.54) is 0 Å². The van der Waals surface area contributed by atoms with Crippen molar-refractivity contribution in [3.05, 3.63) is 47.0 Å². The smallest absolute Gasteiger partial charge is 0.264 e. The van der Waals surface area contributed by atoms with Gasteiger partial charge in [-0.2, -0.15) is 4.98 Å². The molecule has 0 spiro atoms. The monoisotopic (exact) mass is 423 g/mol. The van der Waals surface area contributed by atoms with E-state index in [1.54, 1.807) is 11.3 Å². The second-order valence-corrected chi connectivity index (χ2v) is 8.78. The molecule has 2 aliphatic rings. The fourth-order valence-corrected chi connectivity index (χ4v) is 5.02. The molecule has 8 heteroatoms. The normalized spacial score (nSPS) is 17.6. The van der Waals surface area contributed by atoms with E-state index < -0.39 is 0 Å². The lowest BCUT2D eigenvalue weighted by Gasteiger charge is -2.36. The first-order valence-electron chi connectivity index (χ1n) is 10.4. The minimum absolute atomic E-state index is 0.128. The molecule has 2 aliphatic heterocycles. The Morgan fingerprint density at radius 3 is 2.50 bits per heavy atom. The molecular weight excluding hydrogens is 398 g/mol. The molecule has 2 fully saturated rings. The number of rotatable bonds is 3. The van der Waals surface area contributed by atoms with Crippen LogP contribution in [0.5, 0.6) is 0 Å². The maximum Gasteiger partial charge on any atom is 0.264 e. The first-order chi connectivity index (χ1) is 14.7. The number of aryl methyl sites for hydroxylation is 1. The molecule has 2 saturated heterocycles. The summed E-state index contributed by atoms with van der Waals surface area (Å²) in [6.45, 7) is 8.02. The van der Waals surface area contributed by atoms with Gasteiger partial charge in [0.2, 0.25) is 5.95 Å². The highest BCUT2D eigenvalue weighted by molar-refractivity contribution is 7.20. The van der Waals surface area contributed by atoms with Crippen LogP contribution in [-0.4, -0.2) is 73.3 Å². The molecule has 7 nitrogen and oxygen atoms in total. The van der Waals surface area contributed by atoms with Gasteiger partial charge in [0.15, 0.2) is 0 Å². The molecule has 156 valence electrons. The van der Waals surface area contributed by atoms with Crippen LogP contribution in [0.4, 0.5) is 11.8 Å². The van der Waals surface area contributed by atoms with Crippen molar-refractivity contribution in [2.45, 2.75) is 6.92 Å². The van der Waals surface area contributed by atoms with Crippen molar-refractivity contribution >= 4 is 39.1 Å². The van der Waals surface area contributed by atoms with Crippen LogP contribution in [0.15, 0.2) is 36.4 Å². The molecule has 0 unspecified atom stereocenters. The van der Waals surface area contributed by atoms with E-state index in [-0.39, 0.29) is 5.91 Å². The zero-order valence-electron chi connectivity index (χ0n) is 17.1. The van der Waals surface area contributed by atoms with E-state index in [4.69, 9.17) is 9.72 Å². The standard InChI is InChI=1S/C22H25N5O2S/c1-16-14-20(24-22(23-16)27-10-12-29-13-11-27)25-6-8-26(9-7-25)21(28)19-15-17-4-2-3-5-18(17)30-19/h2-5,14-15H,6-13H2,1H3. The minimum Gasteiger partial charge on any atom is -0.378 e. The third-order valence-corrected chi connectivity index (χ3v) is 6.75. The number of ether oxygens (including phenoxy) is 1. The number of carbonyl (C=O) groups excluding carboxylic acids is 1. The fourth-order valence-electron chi connectivity index (χ4n) is 3.99. The van der Waals surface area contributed by atoms with Gasteiger partial charge < -0.3 is 19.4 Å². The molecule has 0 bridgehead atoms. The Morgan fingerprint density at radius 1 is 0.967 bits per heavy atom. The van der Waals surface area contributed by atoms with Gasteiger partial charge in [-0.05, 0) is 24.4 Å². The summed E-state index contributed by atoms with van der Waals surface area (Å²) in [6, 6.07) is 12.2. The molecule has 1 aromatic carbocycles. The van der Waals surface area contributed by atoms with Crippen LogP contribution < -0.4 is 9.80 Å². The molecule has 4 heterocycles. The van der Waals surface area contributed by atoms with E-state index in [2.05, 4.69) is 26.9 Å². The molecule has 0 N–H and O–H groups in total. The van der Waals surface area contributed by atoms with Gasteiger partial charge in [0.05, 0.1) is 18.1 Å². The number of amides is 1. The summed E-state index contributed by atoms with van der Waals surface area (Å²) >= 11 is 1.57. The number of carbonyl (C=O) groups is 1. The number of benzene rings is 1. The van der Waals surface area contributed by atoms with Crippen LogP contribution >= 0.6 is 11.3 Å². The summed E-state index contributed by atoms with van der Waals surface area (Å²) in [6.07, 6.45) is 0. The van der Waals surface area contributed by atoms with Crippen molar-refractivity contribution in [2.24, 2.45) is 0 Å². The summed E-state index contributed by atoms with van der Waals surface area (Å²) in [5.41, 5.74) is 0.963. The van der Waals surface area contributed by atoms with Crippen molar-refractivity contribution in [1.82, 2.24) is 14.9 Å². The Balaban J connectivity index is 1.27. The quantitative estimate of drug-likeness (QED) is 0.646.